The Labute approximate surface area is 156 Å². The van der Waals surface area contributed by atoms with Gasteiger partial charge in [0.25, 0.3) is 0 Å². The molecule has 1 heteroatoms. The molecular weight excluding hydrogens is 304 g/mol. The number of rotatable bonds is 12. The molecule has 0 saturated carbocycles. The van der Waals surface area contributed by atoms with Crippen LogP contribution in [0.1, 0.15) is 91.0 Å². The minimum Gasteiger partial charge on any atom is -0.490 e. The fourth-order valence-electron chi connectivity index (χ4n) is 4.09. The molecule has 142 valence electrons. The molecule has 0 aromatic heterocycles. The SMILES string of the molecule is CC(C)CCCC(C)CCCC(C)CCCC1Cc2ccccc2O1. The summed E-state index contributed by atoms with van der Waals surface area (Å²) in [5.41, 5.74) is 1.40. The Balaban J connectivity index is 1.48. The van der Waals surface area contributed by atoms with Gasteiger partial charge in [-0.05, 0) is 42.2 Å². The number of hydrogen-bond donors (Lipinski definition) is 0. The molecule has 0 N–H and O–H groups in total. The summed E-state index contributed by atoms with van der Waals surface area (Å²) in [6, 6.07) is 8.52. The van der Waals surface area contributed by atoms with Crippen molar-refractivity contribution in [2.24, 2.45) is 17.8 Å². The van der Waals surface area contributed by atoms with Crippen LogP contribution < -0.4 is 4.74 Å². The number of fused-ring (bicyclic) bond motifs is 1. The fourth-order valence-corrected chi connectivity index (χ4v) is 4.09. The normalized spacial score (nSPS) is 18.8. The van der Waals surface area contributed by atoms with Gasteiger partial charge in [0.05, 0.1) is 0 Å². The van der Waals surface area contributed by atoms with E-state index in [0.717, 1.165) is 29.9 Å². The smallest absolute Gasteiger partial charge is 0.123 e. The summed E-state index contributed by atoms with van der Waals surface area (Å²) >= 11 is 0. The summed E-state index contributed by atoms with van der Waals surface area (Å²) in [5, 5.41) is 0. The first-order valence-electron chi connectivity index (χ1n) is 10.8. The van der Waals surface area contributed by atoms with Gasteiger partial charge in [-0.15, -0.1) is 0 Å². The van der Waals surface area contributed by atoms with E-state index in [1.807, 2.05) is 0 Å². The van der Waals surface area contributed by atoms with E-state index >= 15 is 0 Å². The zero-order chi connectivity index (χ0) is 18.1. The Bertz CT molecular complexity index is 454. The maximum Gasteiger partial charge on any atom is 0.123 e. The van der Waals surface area contributed by atoms with Crippen LogP contribution >= 0.6 is 0 Å². The minimum atomic E-state index is 0.422. The van der Waals surface area contributed by atoms with Crippen LogP contribution in [0.2, 0.25) is 0 Å². The molecule has 0 fully saturated rings. The van der Waals surface area contributed by atoms with E-state index in [9.17, 15) is 0 Å². The lowest BCUT2D eigenvalue weighted by molar-refractivity contribution is 0.213. The van der Waals surface area contributed by atoms with Gasteiger partial charge in [-0.25, -0.2) is 0 Å². The van der Waals surface area contributed by atoms with E-state index in [2.05, 4.69) is 52.0 Å². The van der Waals surface area contributed by atoms with Crippen LogP contribution in [0.4, 0.5) is 0 Å². The second-order valence-corrected chi connectivity index (χ2v) is 8.95. The maximum absolute atomic E-state index is 6.06. The topological polar surface area (TPSA) is 9.23 Å². The van der Waals surface area contributed by atoms with Crippen LogP contribution in [0.5, 0.6) is 5.75 Å². The molecule has 1 heterocycles. The van der Waals surface area contributed by atoms with Gasteiger partial charge in [0, 0.05) is 6.42 Å². The van der Waals surface area contributed by atoms with Crippen molar-refractivity contribution in [3.8, 4) is 5.75 Å². The molecule has 0 amide bonds. The first-order chi connectivity index (χ1) is 12.0. The Hall–Kier alpha value is -0.980. The molecule has 3 unspecified atom stereocenters. The molecule has 1 aliphatic heterocycles. The van der Waals surface area contributed by atoms with Crippen molar-refractivity contribution in [2.75, 3.05) is 0 Å². The van der Waals surface area contributed by atoms with Crippen molar-refractivity contribution in [2.45, 2.75) is 98.0 Å². The highest BCUT2D eigenvalue weighted by Crippen LogP contribution is 2.30. The zero-order valence-electron chi connectivity index (χ0n) is 17.1. The molecule has 1 aliphatic rings. The number of hydrogen-bond acceptors (Lipinski definition) is 1. The van der Waals surface area contributed by atoms with Crippen molar-refractivity contribution in [1.82, 2.24) is 0 Å². The fraction of sp³-hybridized carbons (Fsp3) is 0.750. The quantitative estimate of drug-likeness (QED) is 0.383. The van der Waals surface area contributed by atoms with E-state index in [1.54, 1.807) is 0 Å². The standard InChI is InChI=1S/C24H40O/c1-19(2)10-7-11-20(3)12-8-13-21(4)14-9-16-23-18-22-15-5-6-17-24(22)25-23/h5-6,15,17,19-21,23H,7-14,16,18H2,1-4H3. The van der Waals surface area contributed by atoms with Crippen LogP contribution in [0.3, 0.4) is 0 Å². The molecular formula is C24H40O. The van der Waals surface area contributed by atoms with Crippen LogP contribution in [0, 0.1) is 17.8 Å². The van der Waals surface area contributed by atoms with Gasteiger partial charge >= 0.3 is 0 Å². The molecule has 0 spiro atoms. The highest BCUT2D eigenvalue weighted by molar-refractivity contribution is 5.37. The Morgan fingerprint density at radius 2 is 1.44 bits per heavy atom. The van der Waals surface area contributed by atoms with Crippen molar-refractivity contribution in [1.29, 1.82) is 0 Å². The zero-order valence-corrected chi connectivity index (χ0v) is 17.1. The van der Waals surface area contributed by atoms with Crippen LogP contribution in [0.25, 0.3) is 0 Å². The van der Waals surface area contributed by atoms with Crippen LogP contribution in [0.15, 0.2) is 24.3 Å². The molecule has 1 nitrogen and oxygen atoms in total. The number of ether oxygens (including phenoxy) is 1. The summed E-state index contributed by atoms with van der Waals surface area (Å²) in [7, 11) is 0. The Morgan fingerprint density at radius 1 is 0.840 bits per heavy atom. The third kappa shape index (κ3) is 7.84. The molecule has 1 aromatic rings. The predicted molar refractivity (Wildman–Crippen MR) is 109 cm³/mol. The third-order valence-electron chi connectivity index (χ3n) is 5.81. The first-order valence-corrected chi connectivity index (χ1v) is 10.8. The second-order valence-electron chi connectivity index (χ2n) is 8.95. The Kier molecular flexibility index (Phi) is 8.85. The van der Waals surface area contributed by atoms with E-state index in [4.69, 9.17) is 4.74 Å². The predicted octanol–water partition coefficient (Wildman–Crippen LogP) is 7.43. The largest absolute Gasteiger partial charge is 0.490 e. The minimum absolute atomic E-state index is 0.422. The van der Waals surface area contributed by atoms with Crippen molar-refractivity contribution in [3.63, 3.8) is 0 Å². The molecule has 2 rings (SSSR count). The van der Waals surface area contributed by atoms with Gasteiger partial charge in [0.15, 0.2) is 0 Å². The molecule has 1 aromatic carbocycles. The average molecular weight is 345 g/mol. The molecule has 3 atom stereocenters. The highest BCUT2D eigenvalue weighted by Gasteiger charge is 2.21. The van der Waals surface area contributed by atoms with E-state index in [-0.39, 0.29) is 0 Å². The first kappa shape index (κ1) is 20.3. The molecule has 0 bridgehead atoms. The average Bonchev–Trinajstić information content (AvgIpc) is 2.97. The van der Waals surface area contributed by atoms with Crippen molar-refractivity contribution >= 4 is 0 Å². The lowest BCUT2D eigenvalue weighted by Crippen LogP contribution is -2.13. The third-order valence-corrected chi connectivity index (χ3v) is 5.81. The number of benzene rings is 1. The van der Waals surface area contributed by atoms with Gasteiger partial charge in [0.1, 0.15) is 11.9 Å². The summed E-state index contributed by atoms with van der Waals surface area (Å²) < 4.78 is 6.06. The maximum atomic E-state index is 6.06. The highest BCUT2D eigenvalue weighted by atomic mass is 16.5. The number of para-hydroxylation sites is 1. The lowest BCUT2D eigenvalue weighted by Gasteiger charge is -2.16. The van der Waals surface area contributed by atoms with Gasteiger partial charge in [0.2, 0.25) is 0 Å². The second kappa shape index (κ2) is 10.9. The Morgan fingerprint density at radius 3 is 2.08 bits per heavy atom. The summed E-state index contributed by atoms with van der Waals surface area (Å²) in [6.45, 7) is 9.55. The molecule has 25 heavy (non-hydrogen) atoms. The van der Waals surface area contributed by atoms with Gasteiger partial charge < -0.3 is 4.74 Å². The van der Waals surface area contributed by atoms with Gasteiger partial charge in [-0.2, -0.15) is 0 Å². The summed E-state index contributed by atoms with van der Waals surface area (Å²) in [6.07, 6.45) is 13.9. The summed E-state index contributed by atoms with van der Waals surface area (Å²) in [5.74, 6) is 3.76. The lowest BCUT2D eigenvalue weighted by atomic mass is 9.91. The van der Waals surface area contributed by atoms with Crippen LogP contribution in [-0.4, -0.2) is 6.10 Å². The van der Waals surface area contributed by atoms with Crippen molar-refractivity contribution in [3.05, 3.63) is 29.8 Å². The van der Waals surface area contributed by atoms with Gasteiger partial charge in [-0.1, -0.05) is 90.8 Å². The van der Waals surface area contributed by atoms with E-state index in [0.29, 0.717) is 6.10 Å². The summed E-state index contributed by atoms with van der Waals surface area (Å²) in [4.78, 5) is 0. The monoisotopic (exact) mass is 344 g/mol. The van der Waals surface area contributed by atoms with Crippen LogP contribution in [-0.2, 0) is 6.42 Å². The molecule has 0 saturated heterocycles. The van der Waals surface area contributed by atoms with Gasteiger partial charge in [-0.3, -0.25) is 0 Å². The molecule has 0 radical (unpaired) electrons. The molecule has 0 aliphatic carbocycles. The van der Waals surface area contributed by atoms with E-state index < -0.39 is 0 Å². The van der Waals surface area contributed by atoms with Crippen molar-refractivity contribution < 1.29 is 4.74 Å². The van der Waals surface area contributed by atoms with E-state index in [1.165, 1.54) is 63.4 Å².